The van der Waals surface area contributed by atoms with Gasteiger partial charge in [0.05, 0.1) is 6.20 Å². The molecule has 1 aliphatic heterocycles. The van der Waals surface area contributed by atoms with Gasteiger partial charge in [-0.25, -0.2) is 13.4 Å². The predicted octanol–water partition coefficient (Wildman–Crippen LogP) is -0.808. The molecule has 0 radical (unpaired) electrons. The van der Waals surface area contributed by atoms with Gasteiger partial charge in [0.25, 0.3) is 0 Å². The molecule has 0 amide bonds. The van der Waals surface area contributed by atoms with Gasteiger partial charge in [-0.05, 0) is 0 Å². The van der Waals surface area contributed by atoms with E-state index in [2.05, 4.69) is 10.3 Å². The zero-order chi connectivity index (χ0) is 10.3. The molecule has 76 valence electrons. The van der Waals surface area contributed by atoms with E-state index in [-0.39, 0.29) is 10.4 Å². The summed E-state index contributed by atoms with van der Waals surface area (Å²) in [5.41, 5.74) is 0.00231. The van der Waals surface area contributed by atoms with E-state index in [9.17, 15) is 8.42 Å². The lowest BCUT2D eigenvalue weighted by molar-refractivity contribution is 0.595. The van der Waals surface area contributed by atoms with Gasteiger partial charge < -0.3 is 5.32 Å². The van der Waals surface area contributed by atoms with Gasteiger partial charge >= 0.3 is 0 Å². The highest BCUT2D eigenvalue weighted by atomic mass is 32.2. The largest absolute Gasteiger partial charge is 0.354 e. The minimum atomic E-state index is -3.35. The van der Waals surface area contributed by atoms with E-state index in [4.69, 9.17) is 5.41 Å². The quantitative estimate of drug-likeness (QED) is 0.640. The first-order valence-electron chi connectivity index (χ1n) is 4.08. The minimum Gasteiger partial charge on any atom is -0.354 e. The van der Waals surface area contributed by atoms with Crippen LogP contribution in [0.2, 0.25) is 0 Å². The third-order valence-electron chi connectivity index (χ3n) is 2.08. The van der Waals surface area contributed by atoms with E-state index < -0.39 is 9.84 Å². The summed E-state index contributed by atoms with van der Waals surface area (Å²) in [5, 5.41) is 10.6. The maximum atomic E-state index is 11.3. The average molecular weight is 214 g/mol. The number of fused-ring (bicyclic) bond motifs is 1. The molecule has 0 fully saturated rings. The molecule has 0 bridgehead atoms. The van der Waals surface area contributed by atoms with E-state index >= 15 is 0 Å². The highest BCUT2D eigenvalue weighted by Gasteiger charge is 2.17. The highest BCUT2D eigenvalue weighted by molar-refractivity contribution is 7.90. The van der Waals surface area contributed by atoms with Crippen molar-refractivity contribution < 1.29 is 8.42 Å². The number of hydrogen-bond donors (Lipinski definition) is 2. The van der Waals surface area contributed by atoms with Gasteiger partial charge in [-0.2, -0.15) is 0 Å². The number of rotatable bonds is 1. The molecule has 0 aliphatic carbocycles. The fourth-order valence-electron chi connectivity index (χ4n) is 1.40. The van der Waals surface area contributed by atoms with Crippen molar-refractivity contribution in [3.05, 3.63) is 11.7 Å². The second-order valence-corrected chi connectivity index (χ2v) is 5.13. The van der Waals surface area contributed by atoms with Crippen LogP contribution in [0.5, 0.6) is 0 Å². The Labute approximate surface area is 81.0 Å². The summed E-state index contributed by atoms with van der Waals surface area (Å²) in [7, 11) is -3.35. The van der Waals surface area contributed by atoms with E-state index in [0.29, 0.717) is 19.0 Å². The van der Waals surface area contributed by atoms with Crippen LogP contribution in [0.3, 0.4) is 0 Å². The topological polar surface area (TPSA) is 87.8 Å². The van der Waals surface area contributed by atoms with Crippen LogP contribution in [0.25, 0.3) is 0 Å². The molecule has 1 aromatic rings. The van der Waals surface area contributed by atoms with E-state index in [0.717, 1.165) is 6.26 Å². The Bertz CT molecular complexity index is 531. The van der Waals surface area contributed by atoms with Gasteiger partial charge in [-0.15, -0.1) is 0 Å². The summed E-state index contributed by atoms with van der Waals surface area (Å²) < 4.78 is 24.1. The Kier molecular flexibility index (Phi) is 1.84. The number of hydrogen-bond acceptors (Lipinski definition) is 5. The van der Waals surface area contributed by atoms with Crippen molar-refractivity contribution in [2.45, 2.75) is 11.4 Å². The smallest absolute Gasteiger partial charge is 0.204 e. The number of sulfone groups is 1. The van der Waals surface area contributed by atoms with E-state index in [1.54, 1.807) is 4.57 Å². The maximum absolute atomic E-state index is 11.3. The van der Waals surface area contributed by atoms with Crippen molar-refractivity contribution in [1.29, 1.82) is 5.41 Å². The van der Waals surface area contributed by atoms with Crippen molar-refractivity contribution in [2.24, 2.45) is 0 Å². The van der Waals surface area contributed by atoms with E-state index in [1.807, 2.05) is 0 Å². The Hall–Kier alpha value is -1.37. The zero-order valence-corrected chi connectivity index (χ0v) is 8.43. The van der Waals surface area contributed by atoms with Crippen molar-refractivity contribution >= 4 is 15.8 Å². The van der Waals surface area contributed by atoms with Crippen LogP contribution in [0, 0.1) is 5.41 Å². The summed E-state index contributed by atoms with van der Waals surface area (Å²) in [6, 6.07) is 0. The molecule has 14 heavy (non-hydrogen) atoms. The standard InChI is InChI=1S/C7H10N4O2S/c1-14(12,13)5-4-10-7-9-2-3-11(7)6(5)8/h4,8H,2-3H2,1H3,(H,9,10). The lowest BCUT2D eigenvalue weighted by atomic mass is 10.6. The van der Waals surface area contributed by atoms with Crippen LogP contribution in [-0.4, -0.2) is 30.8 Å². The van der Waals surface area contributed by atoms with Crippen molar-refractivity contribution in [1.82, 2.24) is 9.55 Å². The molecule has 0 saturated heterocycles. The highest BCUT2D eigenvalue weighted by Crippen LogP contribution is 2.09. The van der Waals surface area contributed by atoms with Crippen molar-refractivity contribution in [2.75, 3.05) is 18.1 Å². The van der Waals surface area contributed by atoms with Crippen molar-refractivity contribution in [3.63, 3.8) is 0 Å². The first-order chi connectivity index (χ1) is 6.50. The van der Waals surface area contributed by atoms with Gasteiger partial charge in [0.2, 0.25) is 5.95 Å². The summed E-state index contributed by atoms with van der Waals surface area (Å²) in [6.07, 6.45) is 2.30. The van der Waals surface area contributed by atoms with E-state index in [1.165, 1.54) is 6.20 Å². The van der Waals surface area contributed by atoms with Gasteiger partial charge in [0, 0.05) is 19.3 Å². The summed E-state index contributed by atoms with van der Waals surface area (Å²) in [4.78, 5) is 3.92. The molecule has 1 aliphatic rings. The molecule has 0 unspecified atom stereocenters. The molecule has 1 aromatic heterocycles. The maximum Gasteiger partial charge on any atom is 0.204 e. The molecular formula is C7H10N4O2S. The molecule has 2 N–H and O–H groups in total. The number of anilines is 1. The summed E-state index contributed by atoms with van der Waals surface area (Å²) in [5.74, 6) is 0.558. The third-order valence-corrected chi connectivity index (χ3v) is 3.18. The van der Waals surface area contributed by atoms with Crippen LogP contribution in [0.1, 0.15) is 0 Å². The van der Waals surface area contributed by atoms with Crippen LogP contribution < -0.4 is 10.8 Å². The van der Waals surface area contributed by atoms with Gasteiger partial charge in [-0.3, -0.25) is 9.98 Å². The van der Waals surface area contributed by atoms with Gasteiger partial charge in [0.15, 0.2) is 9.84 Å². The predicted molar refractivity (Wildman–Crippen MR) is 49.7 cm³/mol. The molecular weight excluding hydrogens is 204 g/mol. The number of nitrogens with zero attached hydrogens (tertiary/aromatic N) is 2. The Morgan fingerprint density at radius 3 is 3.00 bits per heavy atom. The second-order valence-electron chi connectivity index (χ2n) is 3.15. The minimum absolute atomic E-state index is 0.00231. The Morgan fingerprint density at radius 2 is 2.36 bits per heavy atom. The van der Waals surface area contributed by atoms with Crippen LogP contribution in [0.4, 0.5) is 5.95 Å². The molecule has 6 nitrogen and oxygen atoms in total. The average Bonchev–Trinajstić information content (AvgIpc) is 2.50. The third kappa shape index (κ3) is 1.29. The SMILES string of the molecule is CS(=O)(=O)c1cnc2n(c1=N)CCN2. The fourth-order valence-corrected chi connectivity index (χ4v) is 2.10. The molecule has 2 rings (SSSR count). The molecule has 0 aromatic carbocycles. The monoisotopic (exact) mass is 214 g/mol. The van der Waals surface area contributed by atoms with Crippen LogP contribution >= 0.6 is 0 Å². The van der Waals surface area contributed by atoms with Gasteiger partial charge in [0.1, 0.15) is 10.4 Å². The Morgan fingerprint density at radius 1 is 1.64 bits per heavy atom. The lowest BCUT2D eigenvalue weighted by Gasteiger charge is -2.04. The Balaban J connectivity index is 2.74. The zero-order valence-electron chi connectivity index (χ0n) is 7.61. The normalized spacial score (nSPS) is 14.9. The molecule has 2 heterocycles. The van der Waals surface area contributed by atoms with Crippen LogP contribution in [-0.2, 0) is 16.4 Å². The van der Waals surface area contributed by atoms with Gasteiger partial charge in [-0.1, -0.05) is 0 Å². The lowest BCUT2D eigenvalue weighted by Crippen LogP contribution is -2.25. The first kappa shape index (κ1) is 9.20. The van der Waals surface area contributed by atoms with Crippen molar-refractivity contribution in [3.8, 4) is 0 Å². The first-order valence-corrected chi connectivity index (χ1v) is 5.97. The summed E-state index contributed by atoms with van der Waals surface area (Å²) in [6.45, 7) is 1.27. The number of aromatic nitrogens is 2. The molecule has 7 heteroatoms. The fraction of sp³-hybridized carbons (Fsp3) is 0.429. The molecule has 0 saturated carbocycles. The second kappa shape index (κ2) is 2.81. The molecule has 0 spiro atoms. The molecule has 0 atom stereocenters. The number of nitrogens with one attached hydrogen (secondary N) is 2. The summed E-state index contributed by atoms with van der Waals surface area (Å²) >= 11 is 0. The van der Waals surface area contributed by atoms with Crippen LogP contribution in [0.15, 0.2) is 11.1 Å².